The van der Waals surface area contributed by atoms with Gasteiger partial charge < -0.3 is 40.4 Å². The zero-order chi connectivity index (χ0) is 44.3. The maximum absolute atomic E-state index is 11.5. The lowest BCUT2D eigenvalue weighted by Crippen LogP contribution is -2.29. The van der Waals surface area contributed by atoms with Gasteiger partial charge in [0.15, 0.2) is 5.82 Å². The third-order valence-corrected chi connectivity index (χ3v) is 9.60. The number of amides is 2. The Balaban J connectivity index is 0.000000168. The minimum Gasteiger partial charge on any atom is -0.423 e. The molecule has 0 bridgehead atoms. The van der Waals surface area contributed by atoms with Gasteiger partial charge in [-0.15, -0.1) is 0 Å². The lowest BCUT2D eigenvalue weighted by atomic mass is 9.80. The number of benzene rings is 4. The Morgan fingerprint density at radius 1 is 0.661 bits per heavy atom. The van der Waals surface area contributed by atoms with Gasteiger partial charge in [-0.25, -0.2) is 19.9 Å². The minimum atomic E-state index is -1.40. The van der Waals surface area contributed by atoms with Gasteiger partial charge in [-0.3, -0.25) is 9.59 Å². The van der Waals surface area contributed by atoms with Crippen LogP contribution < -0.4 is 26.7 Å². The van der Waals surface area contributed by atoms with Gasteiger partial charge in [-0.1, -0.05) is 61.7 Å². The van der Waals surface area contributed by atoms with E-state index < -0.39 is 7.12 Å². The molecule has 0 saturated carbocycles. The second kappa shape index (κ2) is 20.1. The monoisotopic (exact) mass is 846 g/mol. The first-order valence-electron chi connectivity index (χ1n) is 19.2. The number of anilines is 6. The second-order valence-corrected chi connectivity index (χ2v) is 14.3. The fourth-order valence-corrected chi connectivity index (χ4v) is 6.49. The van der Waals surface area contributed by atoms with Crippen LogP contribution in [0.15, 0.2) is 147 Å². The van der Waals surface area contributed by atoms with Crippen LogP contribution in [-0.2, 0) is 23.7 Å². The summed E-state index contributed by atoms with van der Waals surface area (Å²) in [4.78, 5) is 40.1. The van der Waals surface area contributed by atoms with Gasteiger partial charge in [0, 0.05) is 100 Å². The molecule has 4 aromatic carbocycles. The van der Waals surface area contributed by atoms with Crippen molar-refractivity contribution in [3.63, 3.8) is 0 Å². The normalized spacial score (nSPS) is 10.4. The van der Waals surface area contributed by atoms with Crippen molar-refractivity contribution in [2.45, 2.75) is 13.8 Å². The molecular weight excluding hydrogens is 803 g/mol. The Morgan fingerprint density at radius 2 is 1.15 bits per heavy atom. The average Bonchev–Trinajstić information content (AvgIpc) is 3.80. The number of hydrogen-bond donors (Lipinski definition) is 6. The first-order chi connectivity index (χ1) is 29.8. The minimum absolute atomic E-state index is 0.175. The van der Waals surface area contributed by atoms with Gasteiger partial charge in [0.25, 0.3) is 0 Å². The summed E-state index contributed by atoms with van der Waals surface area (Å²) in [5, 5.41) is 32.2. The van der Waals surface area contributed by atoms with Crippen LogP contribution in [0, 0.1) is 13.8 Å². The molecule has 4 heterocycles. The number of nitrogens with one attached hydrogen (secondary N) is 4. The number of aromatic nitrogens is 6. The van der Waals surface area contributed by atoms with Crippen LogP contribution in [0.5, 0.6) is 0 Å². The number of carbonyl (C=O) groups excluding carboxylic acids is 2. The largest absolute Gasteiger partial charge is 0.490 e. The van der Waals surface area contributed by atoms with Crippen LogP contribution in [0.25, 0.3) is 33.2 Å². The number of nitrogens with zero attached hydrogens (tertiary/aromatic N) is 6. The summed E-state index contributed by atoms with van der Waals surface area (Å²) in [5.74, 6) is 1.49. The second-order valence-electron chi connectivity index (χ2n) is 14.0. The highest BCUT2D eigenvalue weighted by Gasteiger charge is 2.17. The number of rotatable bonds is 10. The highest BCUT2D eigenvalue weighted by molar-refractivity contribution is 6.62. The van der Waals surface area contributed by atoms with Gasteiger partial charge in [0.2, 0.25) is 17.1 Å². The first-order valence-corrected chi connectivity index (χ1v) is 19.6. The van der Waals surface area contributed by atoms with Crippen molar-refractivity contribution in [2.24, 2.45) is 14.1 Å². The molecule has 8 rings (SSSR count). The van der Waals surface area contributed by atoms with E-state index in [0.29, 0.717) is 28.5 Å². The van der Waals surface area contributed by atoms with Crippen LogP contribution in [0.1, 0.15) is 11.1 Å². The zero-order valence-corrected chi connectivity index (χ0v) is 35.2. The Labute approximate surface area is 363 Å². The summed E-state index contributed by atoms with van der Waals surface area (Å²) in [6.07, 6.45) is 9.69. The molecule has 312 valence electrons. The van der Waals surface area contributed by atoms with Crippen molar-refractivity contribution >= 4 is 92.2 Å². The molecule has 0 atom stereocenters. The third kappa shape index (κ3) is 11.0. The smallest absolute Gasteiger partial charge is 0.423 e. The van der Waals surface area contributed by atoms with Crippen LogP contribution in [-0.4, -0.2) is 58.1 Å². The van der Waals surface area contributed by atoms with Gasteiger partial charge in [-0.05, 0) is 91.5 Å². The molecular formula is C46H44BClN10O4. The van der Waals surface area contributed by atoms with E-state index in [1.165, 1.54) is 12.2 Å². The maximum Gasteiger partial charge on any atom is 0.490 e. The van der Waals surface area contributed by atoms with Crippen molar-refractivity contribution in [3.05, 3.63) is 164 Å². The van der Waals surface area contributed by atoms with E-state index in [1.807, 2.05) is 118 Å². The van der Waals surface area contributed by atoms with E-state index in [4.69, 9.17) is 26.6 Å². The molecule has 0 saturated heterocycles. The van der Waals surface area contributed by atoms with Crippen molar-refractivity contribution in [3.8, 4) is 11.4 Å². The summed E-state index contributed by atoms with van der Waals surface area (Å²) < 4.78 is 3.96. The highest BCUT2D eigenvalue weighted by atomic mass is 35.5. The Kier molecular flexibility index (Phi) is 14.3. The standard InChI is InChI=1S/C23H21N5O.C14H13ClN4O.C9H10BNO2/c1-4-21(29)25-16-8-7-9-17(12-16)26-22-15(2)13-24-23(27-22)19-14-28(3)20-11-6-5-10-18(19)20;1-3-12(20)17-10-5-4-6-11(7-10)18-13-9(2)8-16-14(15)19-13;1-11-6-8(10(12)13)7-4-2-3-5-9(7)11/h4-14H,1H2,2-3H3,(H,25,29)(H,24,26,27);3-8H,1H2,2H3,(H,17,20)(H,16,18,19);2-6,12-13H,1H3. The quantitative estimate of drug-likeness (QED) is 0.0448. The Bertz CT molecular complexity index is 2910. The fraction of sp³-hybridized carbons (Fsp3) is 0.0870. The summed E-state index contributed by atoms with van der Waals surface area (Å²) in [5.41, 5.74) is 8.42. The number of carbonyl (C=O) groups is 2. The molecule has 2 amide bonds. The fourth-order valence-electron chi connectivity index (χ4n) is 6.35. The van der Waals surface area contributed by atoms with Crippen molar-refractivity contribution in [1.29, 1.82) is 0 Å². The molecule has 0 aliphatic carbocycles. The highest BCUT2D eigenvalue weighted by Crippen LogP contribution is 2.30. The molecule has 6 N–H and O–H groups in total. The van der Waals surface area contributed by atoms with Gasteiger partial charge in [-0.2, -0.15) is 0 Å². The number of hydrogen-bond acceptors (Lipinski definition) is 10. The van der Waals surface area contributed by atoms with E-state index in [1.54, 1.807) is 24.5 Å². The summed E-state index contributed by atoms with van der Waals surface area (Å²) in [7, 11) is 2.50. The molecule has 0 radical (unpaired) electrons. The molecule has 8 aromatic rings. The maximum atomic E-state index is 11.5. The summed E-state index contributed by atoms with van der Waals surface area (Å²) >= 11 is 5.77. The van der Waals surface area contributed by atoms with Gasteiger partial charge >= 0.3 is 7.12 Å². The van der Waals surface area contributed by atoms with E-state index in [2.05, 4.69) is 66.1 Å². The number of halogens is 1. The van der Waals surface area contributed by atoms with E-state index in [0.717, 1.165) is 55.7 Å². The zero-order valence-electron chi connectivity index (χ0n) is 34.5. The molecule has 62 heavy (non-hydrogen) atoms. The third-order valence-electron chi connectivity index (χ3n) is 9.41. The van der Waals surface area contributed by atoms with Gasteiger partial charge in [0.1, 0.15) is 11.6 Å². The van der Waals surface area contributed by atoms with Crippen molar-refractivity contribution < 1.29 is 19.6 Å². The molecule has 14 nitrogen and oxygen atoms in total. The van der Waals surface area contributed by atoms with Crippen LogP contribution in [0.3, 0.4) is 0 Å². The summed E-state index contributed by atoms with van der Waals surface area (Å²) in [6, 6.07) is 30.5. The summed E-state index contributed by atoms with van der Waals surface area (Å²) in [6.45, 7) is 10.7. The number of fused-ring (bicyclic) bond motifs is 2. The SMILES string of the molecule is C=CC(=O)Nc1cccc(Nc2nc(-c3cn(C)c4ccccc34)ncc2C)c1.C=CC(=O)Nc1cccc(Nc2nc(Cl)ncc2C)c1.Cn1cc(B(O)O)c2ccccc21. The van der Waals surface area contributed by atoms with Crippen LogP contribution in [0.2, 0.25) is 5.28 Å². The average molecular weight is 847 g/mol. The number of aryl methyl sites for hydroxylation is 4. The van der Waals surface area contributed by atoms with Crippen molar-refractivity contribution in [1.82, 2.24) is 29.1 Å². The topological polar surface area (TPSA) is 184 Å². The predicted octanol–water partition coefficient (Wildman–Crippen LogP) is 7.98. The molecule has 0 aliphatic heterocycles. The molecule has 16 heteroatoms. The Morgan fingerprint density at radius 3 is 1.71 bits per heavy atom. The van der Waals surface area contributed by atoms with E-state index >= 15 is 0 Å². The predicted molar refractivity (Wildman–Crippen MR) is 250 cm³/mol. The first kappa shape index (κ1) is 44.0. The molecule has 0 unspecified atom stereocenters. The van der Waals surface area contributed by atoms with E-state index in [9.17, 15) is 9.59 Å². The van der Waals surface area contributed by atoms with Crippen LogP contribution in [0.4, 0.5) is 34.4 Å². The van der Waals surface area contributed by atoms with Crippen LogP contribution >= 0.6 is 11.6 Å². The molecule has 0 aliphatic rings. The van der Waals surface area contributed by atoms with E-state index in [-0.39, 0.29) is 17.1 Å². The number of para-hydroxylation sites is 2. The molecule has 4 aromatic heterocycles. The molecule has 0 fully saturated rings. The molecule has 0 spiro atoms. The Hall–Kier alpha value is -7.59. The van der Waals surface area contributed by atoms with Gasteiger partial charge in [0.05, 0.1) is 0 Å². The lowest BCUT2D eigenvalue weighted by Gasteiger charge is -2.11. The lowest BCUT2D eigenvalue weighted by molar-refractivity contribution is -0.112. The van der Waals surface area contributed by atoms with Crippen molar-refractivity contribution in [2.75, 3.05) is 21.3 Å².